The maximum atomic E-state index is 11.4. The number of carbonyl (C=O) groups excluding carboxylic acids is 1. The number of hydrogen-bond acceptors (Lipinski definition) is 4. The Labute approximate surface area is 117 Å². The van der Waals surface area contributed by atoms with Gasteiger partial charge in [0.15, 0.2) is 17.1 Å². The van der Waals surface area contributed by atoms with Crippen molar-refractivity contribution in [3.63, 3.8) is 0 Å². The molecule has 102 valence electrons. The molecule has 1 unspecified atom stereocenters. The van der Waals surface area contributed by atoms with Crippen molar-refractivity contribution in [2.75, 3.05) is 11.4 Å². The van der Waals surface area contributed by atoms with E-state index in [0.29, 0.717) is 11.7 Å². The van der Waals surface area contributed by atoms with E-state index in [1.54, 1.807) is 11.3 Å². The quantitative estimate of drug-likeness (QED) is 0.807. The average molecular weight is 277 g/mol. The number of aromatic nitrogens is 2. The van der Waals surface area contributed by atoms with Crippen LogP contribution in [-0.2, 0) is 0 Å². The Hall–Kier alpha value is -1.36. The van der Waals surface area contributed by atoms with E-state index in [0.717, 1.165) is 30.0 Å². The minimum atomic E-state index is 0.519. The molecule has 3 rings (SSSR count). The number of aldehydes is 1. The molecule has 5 heteroatoms. The first-order chi connectivity index (χ1) is 9.35. The molecule has 1 aliphatic rings. The predicted octanol–water partition coefficient (Wildman–Crippen LogP) is 3.37. The van der Waals surface area contributed by atoms with E-state index in [9.17, 15) is 4.79 Å². The smallest absolute Gasteiger partial charge is 0.196 e. The number of hydrogen-bond donors (Lipinski definition) is 0. The number of nitrogens with zero attached hydrogens (tertiary/aromatic N) is 3. The van der Waals surface area contributed by atoms with Gasteiger partial charge in [-0.05, 0) is 19.3 Å². The second-order valence-corrected chi connectivity index (χ2v) is 5.97. The van der Waals surface area contributed by atoms with E-state index < -0.39 is 0 Å². The molecule has 0 aromatic carbocycles. The van der Waals surface area contributed by atoms with E-state index in [1.807, 2.05) is 16.0 Å². The Kier molecular flexibility index (Phi) is 3.55. The summed E-state index contributed by atoms with van der Waals surface area (Å²) in [7, 11) is 0. The minimum absolute atomic E-state index is 0.519. The molecular weight excluding hydrogens is 258 g/mol. The molecule has 4 nitrogen and oxygen atoms in total. The summed E-state index contributed by atoms with van der Waals surface area (Å²) in [6.45, 7) is 3.24. The molecule has 0 saturated carbocycles. The van der Waals surface area contributed by atoms with Crippen molar-refractivity contribution in [1.29, 1.82) is 0 Å². The fourth-order valence-electron chi connectivity index (χ4n) is 2.99. The van der Waals surface area contributed by atoms with Crippen molar-refractivity contribution in [3.8, 4) is 0 Å². The van der Waals surface area contributed by atoms with Crippen molar-refractivity contribution in [3.05, 3.63) is 17.3 Å². The number of carbonyl (C=O) groups is 1. The zero-order valence-electron chi connectivity index (χ0n) is 11.2. The Balaban J connectivity index is 2.05. The SMILES string of the molecule is CCC1CCCCCN1c1nc2sccn2c1C=O. The Morgan fingerprint density at radius 1 is 1.47 bits per heavy atom. The molecule has 0 bridgehead atoms. The first-order valence-electron chi connectivity index (χ1n) is 7.02. The third-order valence-electron chi connectivity index (χ3n) is 4.01. The van der Waals surface area contributed by atoms with Crippen molar-refractivity contribution in [2.24, 2.45) is 0 Å². The van der Waals surface area contributed by atoms with E-state index in [1.165, 1.54) is 25.7 Å². The summed E-state index contributed by atoms with van der Waals surface area (Å²) >= 11 is 1.58. The van der Waals surface area contributed by atoms with Gasteiger partial charge in [-0.15, -0.1) is 11.3 Å². The lowest BCUT2D eigenvalue weighted by atomic mass is 10.1. The molecule has 1 fully saturated rings. The largest absolute Gasteiger partial charge is 0.352 e. The van der Waals surface area contributed by atoms with Crippen LogP contribution in [0.15, 0.2) is 11.6 Å². The number of thiazole rings is 1. The predicted molar refractivity (Wildman–Crippen MR) is 78.3 cm³/mol. The van der Waals surface area contributed by atoms with Crippen LogP contribution in [-0.4, -0.2) is 28.3 Å². The summed E-state index contributed by atoms with van der Waals surface area (Å²) in [6, 6.07) is 0.519. The second kappa shape index (κ2) is 5.33. The van der Waals surface area contributed by atoms with Crippen molar-refractivity contribution < 1.29 is 4.79 Å². The van der Waals surface area contributed by atoms with Gasteiger partial charge in [-0.2, -0.15) is 0 Å². The van der Waals surface area contributed by atoms with Crippen LogP contribution in [0, 0.1) is 0 Å². The third-order valence-corrected chi connectivity index (χ3v) is 4.77. The molecule has 3 heterocycles. The standard InChI is InChI=1S/C14H19N3OS/c1-2-11-6-4-3-5-7-16(11)13-12(10-18)17-8-9-19-14(17)15-13/h8-11H,2-7H2,1H3. The van der Waals surface area contributed by atoms with Crippen molar-refractivity contribution >= 4 is 28.4 Å². The molecule has 0 N–H and O–H groups in total. The summed E-state index contributed by atoms with van der Waals surface area (Å²) in [4.78, 5) is 19.4. The molecular formula is C14H19N3OS. The van der Waals surface area contributed by atoms with Gasteiger partial charge in [0.1, 0.15) is 5.69 Å². The molecule has 1 atom stereocenters. The van der Waals surface area contributed by atoms with Gasteiger partial charge in [-0.1, -0.05) is 19.8 Å². The zero-order chi connectivity index (χ0) is 13.2. The van der Waals surface area contributed by atoms with Gasteiger partial charge in [-0.25, -0.2) is 4.98 Å². The van der Waals surface area contributed by atoms with Gasteiger partial charge in [0.25, 0.3) is 0 Å². The van der Waals surface area contributed by atoms with Gasteiger partial charge in [0, 0.05) is 24.2 Å². The van der Waals surface area contributed by atoms with Gasteiger partial charge >= 0.3 is 0 Å². The first-order valence-corrected chi connectivity index (χ1v) is 7.90. The number of imidazole rings is 1. The van der Waals surface area contributed by atoms with Crippen LogP contribution in [0.4, 0.5) is 5.82 Å². The van der Waals surface area contributed by atoms with Gasteiger partial charge in [0.2, 0.25) is 0 Å². The molecule has 2 aromatic rings. The fraction of sp³-hybridized carbons (Fsp3) is 0.571. The fourth-order valence-corrected chi connectivity index (χ4v) is 3.71. The molecule has 0 radical (unpaired) electrons. The summed E-state index contributed by atoms with van der Waals surface area (Å²) in [6.07, 6.45) is 8.96. The summed E-state index contributed by atoms with van der Waals surface area (Å²) < 4.78 is 1.91. The van der Waals surface area contributed by atoms with Crippen LogP contribution in [0.5, 0.6) is 0 Å². The lowest BCUT2D eigenvalue weighted by molar-refractivity contribution is 0.111. The number of rotatable bonds is 3. The first kappa shape index (κ1) is 12.7. The molecule has 0 aliphatic carbocycles. The Morgan fingerprint density at radius 3 is 3.16 bits per heavy atom. The molecule has 2 aromatic heterocycles. The van der Waals surface area contributed by atoms with E-state index >= 15 is 0 Å². The third kappa shape index (κ3) is 2.16. The van der Waals surface area contributed by atoms with Gasteiger partial charge in [-0.3, -0.25) is 9.20 Å². The van der Waals surface area contributed by atoms with Crippen molar-refractivity contribution in [1.82, 2.24) is 9.38 Å². The van der Waals surface area contributed by atoms with Crippen LogP contribution < -0.4 is 4.90 Å². The molecule has 1 saturated heterocycles. The average Bonchev–Trinajstić information content (AvgIpc) is 2.91. The van der Waals surface area contributed by atoms with Gasteiger partial charge in [0.05, 0.1) is 0 Å². The van der Waals surface area contributed by atoms with Crippen LogP contribution in [0.25, 0.3) is 4.96 Å². The number of anilines is 1. The molecule has 19 heavy (non-hydrogen) atoms. The highest BCUT2D eigenvalue weighted by atomic mass is 32.1. The monoisotopic (exact) mass is 277 g/mol. The van der Waals surface area contributed by atoms with E-state index in [4.69, 9.17) is 0 Å². The van der Waals surface area contributed by atoms with Crippen LogP contribution in [0.3, 0.4) is 0 Å². The zero-order valence-corrected chi connectivity index (χ0v) is 12.0. The van der Waals surface area contributed by atoms with E-state index in [-0.39, 0.29) is 0 Å². The Morgan fingerprint density at radius 2 is 2.37 bits per heavy atom. The topological polar surface area (TPSA) is 37.6 Å². The minimum Gasteiger partial charge on any atom is -0.352 e. The molecule has 0 spiro atoms. The summed E-state index contributed by atoms with van der Waals surface area (Å²) in [5.74, 6) is 0.885. The Bertz CT molecular complexity index is 574. The van der Waals surface area contributed by atoms with Crippen molar-refractivity contribution in [2.45, 2.75) is 45.1 Å². The maximum Gasteiger partial charge on any atom is 0.196 e. The van der Waals surface area contributed by atoms with Crippen LogP contribution in [0.1, 0.15) is 49.5 Å². The van der Waals surface area contributed by atoms with Crippen LogP contribution >= 0.6 is 11.3 Å². The second-order valence-electron chi connectivity index (χ2n) is 5.10. The van der Waals surface area contributed by atoms with Crippen LogP contribution in [0.2, 0.25) is 0 Å². The summed E-state index contributed by atoms with van der Waals surface area (Å²) in [5.41, 5.74) is 0.705. The van der Waals surface area contributed by atoms with E-state index in [2.05, 4.69) is 16.8 Å². The number of fused-ring (bicyclic) bond motifs is 1. The lowest BCUT2D eigenvalue weighted by Gasteiger charge is -2.29. The highest BCUT2D eigenvalue weighted by Crippen LogP contribution is 2.29. The van der Waals surface area contributed by atoms with Gasteiger partial charge < -0.3 is 4.90 Å². The highest BCUT2D eigenvalue weighted by molar-refractivity contribution is 7.15. The molecule has 0 amide bonds. The lowest BCUT2D eigenvalue weighted by Crippen LogP contribution is -2.35. The normalized spacial score (nSPS) is 20.7. The molecule has 1 aliphatic heterocycles. The maximum absolute atomic E-state index is 11.4. The highest BCUT2D eigenvalue weighted by Gasteiger charge is 2.25. The summed E-state index contributed by atoms with van der Waals surface area (Å²) in [5, 5.41) is 1.97.